The Labute approximate surface area is 119 Å². The summed E-state index contributed by atoms with van der Waals surface area (Å²) in [6.07, 6.45) is 7.55. The molecule has 0 amide bonds. The van der Waals surface area contributed by atoms with E-state index in [0.717, 1.165) is 18.8 Å². The molecule has 2 rings (SSSR count). The van der Waals surface area contributed by atoms with E-state index in [1.54, 1.807) is 6.07 Å². The highest BCUT2D eigenvalue weighted by molar-refractivity contribution is 5.95. The van der Waals surface area contributed by atoms with E-state index in [-0.39, 0.29) is 0 Å². The molecule has 1 saturated carbocycles. The first-order valence-corrected chi connectivity index (χ1v) is 7.20. The second-order valence-electron chi connectivity index (χ2n) is 5.60. The van der Waals surface area contributed by atoms with Gasteiger partial charge in [-0.15, -0.1) is 0 Å². The number of methoxy groups -OCH3 is 1. The van der Waals surface area contributed by atoms with E-state index in [1.165, 1.54) is 32.6 Å². The van der Waals surface area contributed by atoms with Gasteiger partial charge in [0.15, 0.2) is 0 Å². The topological polar surface area (TPSA) is 77.2 Å². The van der Waals surface area contributed by atoms with Crippen LogP contribution in [0.25, 0.3) is 0 Å². The van der Waals surface area contributed by atoms with Crippen LogP contribution in [0.1, 0.15) is 49.4 Å². The highest BCUT2D eigenvalue weighted by atomic mass is 16.5. The Bertz CT molecular complexity index is 476. The van der Waals surface area contributed by atoms with Crippen molar-refractivity contribution < 1.29 is 9.53 Å². The number of carbonyl (C=O) groups is 1. The second kappa shape index (κ2) is 6.59. The largest absolute Gasteiger partial charge is 0.465 e. The van der Waals surface area contributed by atoms with Crippen LogP contribution >= 0.6 is 0 Å². The molecule has 1 aliphatic rings. The molecular weight excluding hydrogens is 254 g/mol. The van der Waals surface area contributed by atoms with Gasteiger partial charge in [0.25, 0.3) is 0 Å². The Morgan fingerprint density at radius 3 is 2.95 bits per heavy atom. The average molecular weight is 277 g/mol. The van der Waals surface area contributed by atoms with Gasteiger partial charge < -0.3 is 15.8 Å². The van der Waals surface area contributed by atoms with E-state index in [2.05, 4.69) is 17.2 Å². The van der Waals surface area contributed by atoms with E-state index in [1.807, 2.05) is 0 Å². The summed E-state index contributed by atoms with van der Waals surface area (Å²) >= 11 is 0. The summed E-state index contributed by atoms with van der Waals surface area (Å²) in [7, 11) is 1.35. The number of pyridine rings is 1. The van der Waals surface area contributed by atoms with Crippen LogP contribution in [0, 0.1) is 5.92 Å². The summed E-state index contributed by atoms with van der Waals surface area (Å²) in [4.78, 5) is 15.9. The molecule has 1 aromatic rings. The lowest BCUT2D eigenvalue weighted by atomic mass is 10.0. The Hall–Kier alpha value is -1.78. The van der Waals surface area contributed by atoms with Gasteiger partial charge in [-0.25, -0.2) is 9.78 Å². The van der Waals surface area contributed by atoms with Gasteiger partial charge in [0.2, 0.25) is 0 Å². The molecule has 1 fully saturated rings. The lowest BCUT2D eigenvalue weighted by Crippen LogP contribution is -2.20. The number of nitrogens with zero attached hydrogens (tertiary/aromatic N) is 1. The number of carbonyl (C=O) groups excluding carboxylic acids is 1. The minimum atomic E-state index is -0.428. The van der Waals surface area contributed by atoms with Crippen molar-refractivity contribution in [1.29, 1.82) is 0 Å². The highest BCUT2D eigenvalue weighted by Gasteiger charge is 2.17. The van der Waals surface area contributed by atoms with Crippen LogP contribution in [0.5, 0.6) is 0 Å². The number of hydrogen-bond acceptors (Lipinski definition) is 5. The van der Waals surface area contributed by atoms with Crippen molar-refractivity contribution in [3.05, 3.63) is 17.8 Å². The van der Waals surface area contributed by atoms with Crippen LogP contribution in [0.15, 0.2) is 12.3 Å². The monoisotopic (exact) mass is 277 g/mol. The lowest BCUT2D eigenvalue weighted by Gasteiger charge is -2.17. The first-order chi connectivity index (χ1) is 9.60. The minimum absolute atomic E-state index is 0.344. The normalized spacial score (nSPS) is 22.9. The third-order valence-corrected chi connectivity index (χ3v) is 3.95. The van der Waals surface area contributed by atoms with Gasteiger partial charge in [0.05, 0.1) is 24.6 Å². The van der Waals surface area contributed by atoms with Crippen molar-refractivity contribution in [2.45, 2.75) is 45.1 Å². The summed E-state index contributed by atoms with van der Waals surface area (Å²) in [6, 6.07) is 2.09. The number of anilines is 2. The molecule has 20 heavy (non-hydrogen) atoms. The summed E-state index contributed by atoms with van der Waals surface area (Å²) in [6.45, 7) is 2.30. The summed E-state index contributed by atoms with van der Waals surface area (Å²) in [5, 5.41) is 3.41. The van der Waals surface area contributed by atoms with E-state index >= 15 is 0 Å². The first kappa shape index (κ1) is 14.6. The maximum absolute atomic E-state index is 11.6. The predicted octanol–water partition coefficient (Wildman–Crippen LogP) is 2.83. The number of nitrogen functional groups attached to an aromatic ring is 1. The molecule has 110 valence electrons. The standard InChI is InChI=1S/C15H23N3O2/c1-10-4-3-5-11(7-6-10)18-14-8-12(15(19)20-2)13(16)9-17-14/h8-11H,3-7,16H2,1-2H3,(H,17,18). The fraction of sp³-hybridized carbons (Fsp3) is 0.600. The number of rotatable bonds is 3. The quantitative estimate of drug-likeness (QED) is 0.656. The maximum atomic E-state index is 11.6. The van der Waals surface area contributed by atoms with E-state index in [9.17, 15) is 4.79 Å². The smallest absolute Gasteiger partial charge is 0.340 e. The van der Waals surface area contributed by atoms with Gasteiger partial charge >= 0.3 is 5.97 Å². The fourth-order valence-electron chi connectivity index (χ4n) is 2.67. The second-order valence-corrected chi connectivity index (χ2v) is 5.60. The van der Waals surface area contributed by atoms with Gasteiger partial charge in [-0.05, 0) is 31.2 Å². The van der Waals surface area contributed by atoms with E-state index in [4.69, 9.17) is 10.5 Å². The molecule has 0 spiro atoms. The minimum Gasteiger partial charge on any atom is -0.465 e. The van der Waals surface area contributed by atoms with Crippen LogP contribution in [0.3, 0.4) is 0 Å². The molecule has 0 saturated heterocycles. The molecule has 2 atom stereocenters. The molecule has 5 heteroatoms. The van der Waals surface area contributed by atoms with Gasteiger partial charge in [-0.2, -0.15) is 0 Å². The molecule has 0 bridgehead atoms. The van der Waals surface area contributed by atoms with Gasteiger partial charge in [0.1, 0.15) is 5.82 Å². The Balaban J connectivity index is 2.07. The SMILES string of the molecule is COC(=O)c1cc(NC2CCCC(C)CC2)ncc1N. The summed E-state index contributed by atoms with van der Waals surface area (Å²) in [5.41, 5.74) is 6.46. The van der Waals surface area contributed by atoms with Crippen molar-refractivity contribution in [3.8, 4) is 0 Å². The van der Waals surface area contributed by atoms with Crippen LogP contribution in [0.2, 0.25) is 0 Å². The number of nitrogens with two attached hydrogens (primary N) is 1. The molecular formula is C15H23N3O2. The van der Waals surface area contributed by atoms with Gasteiger partial charge in [0, 0.05) is 6.04 Å². The Morgan fingerprint density at radius 2 is 2.20 bits per heavy atom. The zero-order chi connectivity index (χ0) is 14.5. The first-order valence-electron chi connectivity index (χ1n) is 7.20. The van der Waals surface area contributed by atoms with Crippen LogP contribution in [-0.2, 0) is 4.74 Å². The number of esters is 1. The molecule has 0 aromatic carbocycles. The molecule has 1 aliphatic carbocycles. The predicted molar refractivity (Wildman–Crippen MR) is 79.6 cm³/mol. The van der Waals surface area contributed by atoms with Crippen LogP contribution < -0.4 is 11.1 Å². The number of hydrogen-bond donors (Lipinski definition) is 2. The zero-order valence-corrected chi connectivity index (χ0v) is 12.2. The summed E-state index contributed by atoms with van der Waals surface area (Å²) in [5.74, 6) is 1.06. The van der Waals surface area contributed by atoms with Gasteiger partial charge in [-0.1, -0.05) is 19.8 Å². The number of nitrogens with one attached hydrogen (secondary N) is 1. The third kappa shape index (κ3) is 3.62. The molecule has 1 aromatic heterocycles. The average Bonchev–Trinajstić information content (AvgIpc) is 2.65. The van der Waals surface area contributed by atoms with Crippen LogP contribution in [-0.4, -0.2) is 24.1 Å². The molecule has 5 nitrogen and oxygen atoms in total. The molecule has 0 radical (unpaired) electrons. The molecule has 1 heterocycles. The van der Waals surface area contributed by atoms with Gasteiger partial charge in [-0.3, -0.25) is 0 Å². The maximum Gasteiger partial charge on any atom is 0.340 e. The zero-order valence-electron chi connectivity index (χ0n) is 12.2. The molecule has 0 aliphatic heterocycles. The van der Waals surface area contributed by atoms with Crippen molar-refractivity contribution in [1.82, 2.24) is 4.98 Å². The Kier molecular flexibility index (Phi) is 4.82. The van der Waals surface area contributed by atoms with Crippen LogP contribution in [0.4, 0.5) is 11.5 Å². The van der Waals surface area contributed by atoms with Crippen molar-refractivity contribution >= 4 is 17.5 Å². The number of ether oxygens (including phenoxy) is 1. The molecule has 3 N–H and O–H groups in total. The Morgan fingerprint density at radius 1 is 1.40 bits per heavy atom. The van der Waals surface area contributed by atoms with Crippen molar-refractivity contribution in [3.63, 3.8) is 0 Å². The summed E-state index contributed by atoms with van der Waals surface area (Å²) < 4.78 is 4.72. The van der Waals surface area contributed by atoms with E-state index < -0.39 is 5.97 Å². The lowest BCUT2D eigenvalue weighted by molar-refractivity contribution is 0.0602. The highest BCUT2D eigenvalue weighted by Crippen LogP contribution is 2.25. The van der Waals surface area contributed by atoms with E-state index in [0.29, 0.717) is 23.1 Å². The van der Waals surface area contributed by atoms with Crippen molar-refractivity contribution in [2.75, 3.05) is 18.2 Å². The van der Waals surface area contributed by atoms with Crippen molar-refractivity contribution in [2.24, 2.45) is 5.92 Å². The molecule has 2 unspecified atom stereocenters. The third-order valence-electron chi connectivity index (χ3n) is 3.95. The fourth-order valence-corrected chi connectivity index (χ4v) is 2.67. The number of aromatic nitrogens is 1.